The third-order valence-electron chi connectivity index (χ3n) is 32.0. The maximum absolute atomic E-state index is 11.0. The van der Waals surface area contributed by atoms with Gasteiger partial charge < -0.3 is 28.4 Å². The number of aromatic nitrogens is 2. The van der Waals surface area contributed by atoms with E-state index >= 15 is 0 Å². The van der Waals surface area contributed by atoms with Crippen LogP contribution in [0.3, 0.4) is 0 Å². The molecule has 2 aromatic heterocycles. The zero-order chi connectivity index (χ0) is 109. The second-order valence-corrected chi connectivity index (χ2v) is 42.2. The summed E-state index contributed by atoms with van der Waals surface area (Å²) in [7, 11) is 0. The van der Waals surface area contributed by atoms with Gasteiger partial charge in [0.1, 0.15) is 23.0 Å². The minimum atomic E-state index is -0.893. The zero-order valence-electron chi connectivity index (χ0n) is 94.5. The fourth-order valence-electron chi connectivity index (χ4n) is 25.2. The predicted octanol–water partition coefficient (Wildman–Crippen LogP) is 35.2. The van der Waals surface area contributed by atoms with E-state index in [-0.39, 0.29) is 138 Å². The van der Waals surface area contributed by atoms with Gasteiger partial charge in [0, 0.05) is 89.0 Å². The largest absolute Gasteiger partial charge is 0.457 e. The van der Waals surface area contributed by atoms with Crippen molar-refractivity contribution in [3.05, 3.63) is 547 Å². The molecule has 149 heavy (non-hydrogen) atoms. The van der Waals surface area contributed by atoms with Gasteiger partial charge in [-0.1, -0.05) is 424 Å². The normalized spacial score (nSPS) is 14.9. The molecule has 4 aliphatic heterocycles. The molecule has 2 aliphatic carbocycles. The van der Waals surface area contributed by atoms with Crippen LogP contribution in [0.15, 0.2) is 491 Å². The molecule has 22 aromatic carbocycles. The standard InChI is InChI=1S/C142H99BN4O2/c1-139(2,3)100-75-98(76-101(85-100)140(4,5)6)99-83-132-138-133(84-99)147(125-56-32-24-44-105(125)97-64-74-137-121(78-97)142(119-54-30-34-58-135(119)149-137)116-51-27-21-47-108(116)109-48-22-28-52-117(109)142)131-87-103(145-128-81-94(90-39-15-9-16-40-90)61-69-112(128)113-70-62-95(82-129(113)145)91-41-17-10-18-42-91)66-72-123(131)143(138)122-71-65-102(144-126-79-92(88-35-11-7-12-36-88)59-67-110(126)111-68-60-93(80-127(111)144)89-37-13-8-14-38-89)86-130(122)146(132)124-55-31-23-43-104(124)96-63-73-136-120(77-96)141(118-53-29-33-57-134(118)148-136)114-49-25-19-45-106(114)107-46-20-26-50-115(107)141/h7-87H,1-6H3/i59D,60D,61D,62D,67D,68D,69D,70D,79D,80D,81D,82D. The Morgan fingerprint density at radius 2 is 0.517 bits per heavy atom. The second-order valence-electron chi connectivity index (χ2n) is 42.2. The SMILES string of the molecule is [2H]c1c(-c2ccccc2)c([2H])c2c(c1[2H])c1c([2H])c([2H])c(-c3ccccc3)c([2H])c1n2-c1ccc2c(c1)N(c1ccccc1-c1ccc3c(c1)C1(c4ccccc4O3)c3ccccc3-c3ccccc31)c1cc(-c3cc(C(C)(C)C)cc(C(C)(C)C)c3)cc3c1B2c1ccc(-n2c4c([2H])c(-c5ccccc5)c([2H])c([2H])c4c4c([2H])c([2H])c(-c5ccccc5)c([2H])c42)cc1N3c1ccccc1-c1ccc2c(c1)C1(c3ccccc3O2)c2ccccc2-c2ccccc21. The second kappa shape index (κ2) is 32.6. The van der Waals surface area contributed by atoms with Crippen LogP contribution in [0, 0.1) is 0 Å². The summed E-state index contributed by atoms with van der Waals surface area (Å²) >= 11 is 0. The van der Waals surface area contributed by atoms with Gasteiger partial charge in [-0.2, -0.15) is 0 Å². The van der Waals surface area contributed by atoms with E-state index in [1.165, 1.54) is 0 Å². The van der Waals surface area contributed by atoms with Crippen molar-refractivity contribution in [3.8, 4) is 135 Å². The summed E-state index contributed by atoms with van der Waals surface area (Å²) in [4.78, 5) is 4.84. The molecule has 702 valence electrons. The van der Waals surface area contributed by atoms with E-state index in [0.29, 0.717) is 56.5 Å². The van der Waals surface area contributed by atoms with E-state index < -0.39 is 28.4 Å². The Labute approximate surface area is 884 Å². The molecular weight excluding hydrogens is 1800 g/mol. The van der Waals surface area contributed by atoms with Gasteiger partial charge in [0.05, 0.1) is 60.7 Å². The van der Waals surface area contributed by atoms with Gasteiger partial charge in [0.15, 0.2) is 0 Å². The molecule has 0 amide bonds. The number of benzene rings is 22. The zero-order valence-corrected chi connectivity index (χ0v) is 82.5. The first-order valence-corrected chi connectivity index (χ1v) is 51.2. The summed E-state index contributed by atoms with van der Waals surface area (Å²) in [5.41, 5.74) is 28.8. The van der Waals surface area contributed by atoms with Crippen molar-refractivity contribution in [1.29, 1.82) is 0 Å². The first-order chi connectivity index (χ1) is 78.2. The van der Waals surface area contributed by atoms with Crippen LogP contribution in [0.2, 0.25) is 0 Å². The summed E-state index contributed by atoms with van der Waals surface area (Å²) in [5, 5.41) is 0.339. The molecular formula is C142H99BN4O2. The van der Waals surface area contributed by atoms with Crippen LogP contribution in [-0.2, 0) is 21.7 Å². The van der Waals surface area contributed by atoms with Crippen molar-refractivity contribution in [2.75, 3.05) is 9.80 Å². The molecule has 2 spiro atoms. The highest BCUT2D eigenvalue weighted by Crippen LogP contribution is 2.66. The molecule has 0 bridgehead atoms. The lowest BCUT2D eigenvalue weighted by atomic mass is 9.33. The third kappa shape index (κ3) is 12.9. The Morgan fingerprint density at radius 3 is 0.859 bits per heavy atom. The number of anilines is 6. The summed E-state index contributed by atoms with van der Waals surface area (Å²) in [5.74, 6) is 2.90. The van der Waals surface area contributed by atoms with Crippen LogP contribution < -0.4 is 35.7 Å². The Kier molecular flexibility index (Phi) is 16.3. The summed E-state index contributed by atoms with van der Waals surface area (Å²) < 4.78 is 145. The Hall–Kier alpha value is -18.3. The van der Waals surface area contributed by atoms with Crippen LogP contribution in [0.5, 0.6) is 23.0 Å². The van der Waals surface area contributed by atoms with Crippen LogP contribution in [0.4, 0.5) is 34.1 Å². The minimum Gasteiger partial charge on any atom is -0.457 e. The topological polar surface area (TPSA) is 34.8 Å². The molecule has 0 saturated heterocycles. The highest BCUT2D eigenvalue weighted by atomic mass is 16.5. The average Bonchev–Trinajstić information content (AvgIpc) is 1.56. The predicted molar refractivity (Wildman–Crippen MR) is 619 cm³/mol. The Bertz CT molecular complexity index is 9680. The molecule has 0 atom stereocenters. The summed E-state index contributed by atoms with van der Waals surface area (Å²) in [6, 6.07) is 141. The van der Waals surface area contributed by atoms with Crippen LogP contribution in [0.1, 0.15) is 114 Å². The Balaban J connectivity index is 0.766. The number of para-hydroxylation sites is 4. The first-order valence-electron chi connectivity index (χ1n) is 57.2. The summed E-state index contributed by atoms with van der Waals surface area (Å²) in [6.07, 6.45) is 0. The highest BCUT2D eigenvalue weighted by Gasteiger charge is 2.54. The molecule has 7 heteroatoms. The molecule has 6 aliphatic rings. The number of ether oxygens (including phenoxy) is 2. The van der Waals surface area contributed by atoms with Gasteiger partial charge in [-0.15, -0.1) is 0 Å². The van der Waals surface area contributed by atoms with Crippen molar-refractivity contribution in [2.45, 2.75) is 63.2 Å². The van der Waals surface area contributed by atoms with Crippen molar-refractivity contribution in [2.24, 2.45) is 0 Å². The quantitative estimate of drug-likeness (QED) is 0.121. The van der Waals surface area contributed by atoms with Gasteiger partial charge in [-0.3, -0.25) is 0 Å². The number of hydrogen-bond acceptors (Lipinski definition) is 4. The van der Waals surface area contributed by atoms with Gasteiger partial charge in [0.2, 0.25) is 0 Å². The molecule has 0 N–H and O–H groups in total. The maximum atomic E-state index is 11.0. The van der Waals surface area contributed by atoms with Gasteiger partial charge in [-0.05, 0) is 259 Å². The molecule has 24 aromatic rings. The first kappa shape index (κ1) is 74.6. The van der Waals surface area contributed by atoms with E-state index in [1.54, 1.807) is 0 Å². The van der Waals surface area contributed by atoms with Crippen molar-refractivity contribution >= 4 is 101 Å². The van der Waals surface area contributed by atoms with E-state index in [2.05, 4.69) is 324 Å². The van der Waals surface area contributed by atoms with E-state index in [1.807, 2.05) is 155 Å². The Morgan fingerprint density at radius 1 is 0.221 bits per heavy atom. The molecule has 0 unspecified atom stereocenters. The van der Waals surface area contributed by atoms with Gasteiger partial charge in [0.25, 0.3) is 6.71 Å². The van der Waals surface area contributed by atoms with Crippen molar-refractivity contribution < 1.29 is 25.9 Å². The minimum absolute atomic E-state index is 0.0847. The fourth-order valence-corrected chi connectivity index (χ4v) is 25.2. The average molecular weight is 1920 g/mol. The molecule has 30 rings (SSSR count). The molecule has 0 saturated carbocycles. The molecule has 6 heterocycles. The maximum Gasteiger partial charge on any atom is 0.252 e. The van der Waals surface area contributed by atoms with E-state index in [0.717, 1.165) is 162 Å². The molecule has 6 nitrogen and oxygen atoms in total. The highest BCUT2D eigenvalue weighted by molar-refractivity contribution is 7.00. The number of nitrogens with zero attached hydrogens (tertiary/aromatic N) is 4. The summed E-state index contributed by atoms with van der Waals surface area (Å²) in [6.45, 7) is 12.8. The van der Waals surface area contributed by atoms with E-state index in [4.69, 9.17) is 9.47 Å². The molecule has 0 radical (unpaired) electrons. The molecule has 0 fully saturated rings. The van der Waals surface area contributed by atoms with Gasteiger partial charge in [-0.25, -0.2) is 0 Å². The lowest BCUT2D eigenvalue weighted by Crippen LogP contribution is -2.61. The smallest absolute Gasteiger partial charge is 0.252 e. The lowest BCUT2D eigenvalue weighted by Gasteiger charge is -2.45. The lowest BCUT2D eigenvalue weighted by molar-refractivity contribution is 0.436. The van der Waals surface area contributed by atoms with Crippen LogP contribution in [0.25, 0.3) is 155 Å². The number of rotatable bonds is 11. The van der Waals surface area contributed by atoms with Gasteiger partial charge >= 0.3 is 0 Å². The third-order valence-corrected chi connectivity index (χ3v) is 32.0. The van der Waals surface area contributed by atoms with E-state index in [9.17, 15) is 16.4 Å². The fraction of sp³-hybridized carbons (Fsp3) is 0.0704. The van der Waals surface area contributed by atoms with Crippen molar-refractivity contribution in [3.63, 3.8) is 0 Å². The van der Waals surface area contributed by atoms with Crippen LogP contribution in [-0.4, -0.2) is 15.8 Å². The van der Waals surface area contributed by atoms with Crippen molar-refractivity contribution in [1.82, 2.24) is 9.13 Å². The monoisotopic (exact) mass is 1910 g/mol. The number of hydrogen-bond donors (Lipinski definition) is 0. The number of fused-ring (bicyclic) bond motifs is 28. The van der Waals surface area contributed by atoms with Crippen LogP contribution >= 0.6 is 0 Å².